The van der Waals surface area contributed by atoms with E-state index in [1.165, 1.54) is 19.2 Å². The van der Waals surface area contributed by atoms with E-state index < -0.39 is 10.0 Å². The van der Waals surface area contributed by atoms with Gasteiger partial charge >= 0.3 is 0 Å². The first-order chi connectivity index (χ1) is 9.56. The normalized spacial score (nSPS) is 11.1. The molecule has 106 valence electrons. The highest BCUT2D eigenvalue weighted by Gasteiger charge is 2.15. The van der Waals surface area contributed by atoms with Crippen molar-refractivity contribution in [3.63, 3.8) is 0 Å². The lowest BCUT2D eigenvalue weighted by Gasteiger charge is -2.11. The van der Waals surface area contributed by atoms with Gasteiger partial charge in [-0.1, -0.05) is 18.2 Å². The summed E-state index contributed by atoms with van der Waals surface area (Å²) in [5.41, 5.74) is 0.885. The molecule has 0 bridgehead atoms. The van der Waals surface area contributed by atoms with Crippen LogP contribution in [0.25, 0.3) is 0 Å². The van der Waals surface area contributed by atoms with Crippen molar-refractivity contribution in [2.24, 2.45) is 0 Å². The molecule has 0 aliphatic heterocycles. The third-order valence-electron chi connectivity index (χ3n) is 2.80. The van der Waals surface area contributed by atoms with Crippen molar-refractivity contribution in [3.05, 3.63) is 54.1 Å². The maximum absolute atomic E-state index is 12.2. The Morgan fingerprint density at radius 2 is 1.75 bits per heavy atom. The number of aliphatic hydroxyl groups excluding tert-OH is 1. The number of sulfonamides is 1. The second-order valence-electron chi connectivity index (χ2n) is 4.10. The van der Waals surface area contributed by atoms with Gasteiger partial charge in [0.1, 0.15) is 5.75 Å². The highest BCUT2D eigenvalue weighted by atomic mass is 32.2. The highest BCUT2D eigenvalue weighted by molar-refractivity contribution is 7.92. The monoisotopic (exact) mass is 293 g/mol. The van der Waals surface area contributed by atoms with E-state index in [0.717, 1.165) is 0 Å². The zero-order valence-electron chi connectivity index (χ0n) is 10.9. The molecule has 0 aromatic heterocycles. The summed E-state index contributed by atoms with van der Waals surface area (Å²) in [5, 5.41) is 9.20. The Bertz CT molecular complexity index is 681. The standard InChI is InChI=1S/C14H15NO4S/c1-19-12-6-8-13(9-7-12)20(17,18)15-14-5-3-2-4-11(14)10-16/h2-9,15-16H,10H2,1H3. The molecule has 0 saturated carbocycles. The third kappa shape index (κ3) is 3.09. The van der Waals surface area contributed by atoms with Crippen molar-refractivity contribution in [1.29, 1.82) is 0 Å². The van der Waals surface area contributed by atoms with Crippen LogP contribution in [0, 0.1) is 0 Å². The lowest BCUT2D eigenvalue weighted by atomic mass is 10.2. The largest absolute Gasteiger partial charge is 0.497 e. The Morgan fingerprint density at radius 3 is 2.35 bits per heavy atom. The van der Waals surface area contributed by atoms with Crippen LogP contribution >= 0.6 is 0 Å². The minimum Gasteiger partial charge on any atom is -0.497 e. The molecule has 0 saturated heterocycles. The van der Waals surface area contributed by atoms with Crippen LogP contribution in [-0.4, -0.2) is 20.6 Å². The molecule has 0 spiro atoms. The predicted octanol–water partition coefficient (Wildman–Crippen LogP) is 1.99. The fourth-order valence-corrected chi connectivity index (χ4v) is 2.82. The van der Waals surface area contributed by atoms with Gasteiger partial charge in [0.2, 0.25) is 0 Å². The van der Waals surface area contributed by atoms with Crippen molar-refractivity contribution >= 4 is 15.7 Å². The predicted molar refractivity (Wildman–Crippen MR) is 76.2 cm³/mol. The van der Waals surface area contributed by atoms with Crippen LogP contribution in [0.15, 0.2) is 53.4 Å². The average molecular weight is 293 g/mol. The Balaban J connectivity index is 2.30. The van der Waals surface area contributed by atoms with Crippen molar-refractivity contribution in [1.82, 2.24) is 0 Å². The van der Waals surface area contributed by atoms with Crippen LogP contribution in [0.1, 0.15) is 5.56 Å². The third-order valence-corrected chi connectivity index (χ3v) is 4.18. The topological polar surface area (TPSA) is 75.6 Å². The molecule has 0 heterocycles. The maximum Gasteiger partial charge on any atom is 0.261 e. The van der Waals surface area contributed by atoms with Crippen molar-refractivity contribution in [3.8, 4) is 5.75 Å². The second-order valence-corrected chi connectivity index (χ2v) is 5.78. The molecule has 2 aromatic rings. The number of nitrogens with one attached hydrogen (secondary N) is 1. The van der Waals surface area contributed by atoms with E-state index in [1.807, 2.05) is 0 Å². The van der Waals surface area contributed by atoms with Crippen LogP contribution in [-0.2, 0) is 16.6 Å². The summed E-state index contributed by atoms with van der Waals surface area (Å²) in [6.45, 7) is -0.235. The molecule has 0 aliphatic carbocycles. The Kier molecular flexibility index (Phi) is 4.26. The fraction of sp³-hybridized carbons (Fsp3) is 0.143. The Hall–Kier alpha value is -2.05. The molecule has 0 amide bonds. The van der Waals surface area contributed by atoms with E-state index in [9.17, 15) is 13.5 Å². The minimum absolute atomic E-state index is 0.131. The SMILES string of the molecule is COc1ccc(S(=O)(=O)Nc2ccccc2CO)cc1. The van der Waals surface area contributed by atoms with Gasteiger partial charge in [0, 0.05) is 5.56 Å². The van der Waals surface area contributed by atoms with E-state index in [2.05, 4.69) is 4.72 Å². The Morgan fingerprint density at radius 1 is 1.10 bits per heavy atom. The highest BCUT2D eigenvalue weighted by Crippen LogP contribution is 2.21. The van der Waals surface area contributed by atoms with Gasteiger partial charge in [-0.2, -0.15) is 0 Å². The second kappa shape index (κ2) is 5.94. The van der Waals surface area contributed by atoms with Gasteiger partial charge in [0.05, 0.1) is 24.3 Å². The number of rotatable bonds is 5. The molecule has 0 atom stereocenters. The van der Waals surface area contributed by atoms with E-state index in [0.29, 0.717) is 17.0 Å². The summed E-state index contributed by atoms with van der Waals surface area (Å²) in [4.78, 5) is 0.131. The molecular formula is C14H15NO4S. The van der Waals surface area contributed by atoms with Crippen LogP contribution in [0.4, 0.5) is 5.69 Å². The number of hydrogen-bond acceptors (Lipinski definition) is 4. The van der Waals surface area contributed by atoms with Crippen molar-refractivity contribution in [2.75, 3.05) is 11.8 Å². The van der Waals surface area contributed by atoms with E-state index in [1.54, 1.807) is 36.4 Å². The molecular weight excluding hydrogens is 278 g/mol. The van der Waals surface area contributed by atoms with Crippen LogP contribution in [0.5, 0.6) is 5.75 Å². The summed E-state index contributed by atoms with van der Waals surface area (Å²) >= 11 is 0. The van der Waals surface area contributed by atoms with Crippen LogP contribution in [0.3, 0.4) is 0 Å². The van der Waals surface area contributed by atoms with E-state index >= 15 is 0 Å². The molecule has 6 heteroatoms. The van der Waals surface area contributed by atoms with Crippen molar-refractivity contribution in [2.45, 2.75) is 11.5 Å². The number of para-hydroxylation sites is 1. The molecule has 0 radical (unpaired) electrons. The van der Waals surface area contributed by atoms with Crippen LogP contribution in [0.2, 0.25) is 0 Å². The van der Waals surface area contributed by atoms with Gasteiger partial charge in [0.15, 0.2) is 0 Å². The Labute approximate surface area is 117 Å². The number of methoxy groups -OCH3 is 1. The molecule has 0 unspecified atom stereocenters. The summed E-state index contributed by atoms with van der Waals surface area (Å²) in [7, 11) is -2.17. The molecule has 2 N–H and O–H groups in total. The van der Waals surface area contributed by atoms with Gasteiger partial charge in [0.25, 0.3) is 10.0 Å². The van der Waals surface area contributed by atoms with Gasteiger partial charge in [-0.15, -0.1) is 0 Å². The summed E-state index contributed by atoms with van der Waals surface area (Å²) in [5.74, 6) is 0.583. The summed E-state index contributed by atoms with van der Waals surface area (Å²) in [6, 6.07) is 12.8. The number of ether oxygens (including phenoxy) is 1. The zero-order valence-corrected chi connectivity index (χ0v) is 11.7. The lowest BCUT2D eigenvalue weighted by Crippen LogP contribution is -2.14. The molecule has 0 aliphatic rings. The number of anilines is 1. The van der Waals surface area contributed by atoms with Gasteiger partial charge in [-0.3, -0.25) is 4.72 Å². The lowest BCUT2D eigenvalue weighted by molar-refractivity contribution is 0.282. The van der Waals surface area contributed by atoms with Gasteiger partial charge < -0.3 is 9.84 Å². The molecule has 2 aromatic carbocycles. The first-order valence-corrected chi connectivity index (χ1v) is 7.41. The smallest absolute Gasteiger partial charge is 0.261 e. The first-order valence-electron chi connectivity index (χ1n) is 5.92. The molecule has 0 fully saturated rings. The minimum atomic E-state index is -3.69. The van der Waals surface area contributed by atoms with Gasteiger partial charge in [-0.25, -0.2) is 8.42 Å². The van der Waals surface area contributed by atoms with Gasteiger partial charge in [-0.05, 0) is 30.3 Å². The zero-order chi connectivity index (χ0) is 14.6. The maximum atomic E-state index is 12.2. The fourth-order valence-electron chi connectivity index (χ4n) is 1.72. The van der Waals surface area contributed by atoms with E-state index in [-0.39, 0.29) is 11.5 Å². The number of aliphatic hydroxyl groups is 1. The number of hydrogen-bond donors (Lipinski definition) is 2. The van der Waals surface area contributed by atoms with Crippen LogP contribution < -0.4 is 9.46 Å². The summed E-state index contributed by atoms with van der Waals surface area (Å²) in [6.07, 6.45) is 0. The molecule has 5 nitrogen and oxygen atoms in total. The molecule has 2 rings (SSSR count). The molecule has 20 heavy (non-hydrogen) atoms. The van der Waals surface area contributed by atoms with E-state index in [4.69, 9.17) is 4.74 Å². The quantitative estimate of drug-likeness (QED) is 0.884. The number of benzene rings is 2. The first kappa shape index (κ1) is 14.4. The summed E-state index contributed by atoms with van der Waals surface area (Å²) < 4.78 is 31.9. The average Bonchev–Trinajstić information content (AvgIpc) is 2.47. The van der Waals surface area contributed by atoms with Crippen molar-refractivity contribution < 1.29 is 18.3 Å².